The van der Waals surface area contributed by atoms with Gasteiger partial charge in [-0.1, -0.05) is 6.07 Å². The highest BCUT2D eigenvalue weighted by molar-refractivity contribution is 5.82. The summed E-state index contributed by atoms with van der Waals surface area (Å²) >= 11 is 0. The fraction of sp³-hybridized carbons (Fsp3) is 0.176. The Morgan fingerprint density at radius 2 is 1.89 bits per heavy atom. The van der Waals surface area contributed by atoms with Crippen LogP contribution in [0.4, 0.5) is 13.2 Å². The Bertz CT molecular complexity index is 1240. The summed E-state index contributed by atoms with van der Waals surface area (Å²) in [7, 11) is 0. The van der Waals surface area contributed by atoms with Gasteiger partial charge in [0, 0.05) is 12.3 Å². The first kappa shape index (κ1) is 17.0. The molecule has 10 heteroatoms. The molecule has 0 aliphatic rings. The van der Waals surface area contributed by atoms with Crippen molar-refractivity contribution in [1.82, 2.24) is 24.1 Å². The highest BCUT2D eigenvalue weighted by Gasteiger charge is 2.31. The number of hydrogen-bond acceptors (Lipinski definition) is 5. The molecule has 0 fully saturated rings. The predicted molar refractivity (Wildman–Crippen MR) is 90.0 cm³/mol. The highest BCUT2D eigenvalue weighted by Crippen LogP contribution is 2.24. The number of nitrogens with zero attached hydrogens (tertiary/aromatic N) is 5. The Morgan fingerprint density at radius 1 is 1.11 bits per heavy atom. The highest BCUT2D eigenvalue weighted by atomic mass is 19.4. The van der Waals surface area contributed by atoms with Gasteiger partial charge in [0.2, 0.25) is 0 Å². The summed E-state index contributed by atoms with van der Waals surface area (Å²) in [4.78, 5) is 21.5. The third-order valence-electron chi connectivity index (χ3n) is 3.95. The summed E-state index contributed by atoms with van der Waals surface area (Å²) in [5, 5.41) is 4.53. The number of benzene rings is 1. The first-order valence-corrected chi connectivity index (χ1v) is 7.84. The van der Waals surface area contributed by atoms with E-state index in [9.17, 15) is 18.0 Å². The van der Waals surface area contributed by atoms with Gasteiger partial charge in [-0.3, -0.25) is 9.36 Å². The van der Waals surface area contributed by atoms with Crippen LogP contribution in [-0.4, -0.2) is 30.5 Å². The molecular weight excluding hydrogens is 363 g/mol. The van der Waals surface area contributed by atoms with Gasteiger partial charge in [-0.05, 0) is 32.0 Å². The molecule has 0 aliphatic carbocycles. The number of aromatic nitrogens is 5. The molecule has 0 saturated heterocycles. The first-order valence-electron chi connectivity index (χ1n) is 7.84. The lowest BCUT2D eigenvalue weighted by atomic mass is 10.2. The normalized spacial score (nSPS) is 12.0. The minimum Gasteiger partial charge on any atom is -0.406 e. The molecule has 0 radical (unpaired) electrons. The fourth-order valence-electron chi connectivity index (χ4n) is 2.92. The molecule has 0 bridgehead atoms. The van der Waals surface area contributed by atoms with Crippen LogP contribution in [0.1, 0.15) is 11.5 Å². The van der Waals surface area contributed by atoms with Crippen LogP contribution in [0.25, 0.3) is 22.4 Å². The van der Waals surface area contributed by atoms with E-state index in [1.54, 1.807) is 19.9 Å². The Morgan fingerprint density at radius 3 is 2.63 bits per heavy atom. The molecule has 0 amide bonds. The lowest BCUT2D eigenvalue weighted by Crippen LogP contribution is -2.21. The maximum absolute atomic E-state index is 13.0. The molecule has 4 aromatic rings. The molecule has 0 aliphatic heterocycles. The van der Waals surface area contributed by atoms with Crippen LogP contribution in [0.2, 0.25) is 0 Å². The molecule has 138 valence electrons. The van der Waals surface area contributed by atoms with Crippen molar-refractivity contribution in [3.05, 3.63) is 58.4 Å². The zero-order valence-corrected chi connectivity index (χ0v) is 14.2. The molecule has 0 atom stereocenters. The molecule has 1 aromatic carbocycles. The smallest absolute Gasteiger partial charge is 0.406 e. The van der Waals surface area contributed by atoms with Crippen LogP contribution < -0.4 is 10.3 Å². The van der Waals surface area contributed by atoms with Gasteiger partial charge in [0.1, 0.15) is 11.6 Å². The average Bonchev–Trinajstić information content (AvgIpc) is 2.93. The van der Waals surface area contributed by atoms with E-state index in [4.69, 9.17) is 0 Å². The molecule has 27 heavy (non-hydrogen) atoms. The van der Waals surface area contributed by atoms with Crippen molar-refractivity contribution in [3.63, 3.8) is 0 Å². The van der Waals surface area contributed by atoms with Crippen molar-refractivity contribution >= 4 is 16.7 Å². The van der Waals surface area contributed by atoms with Gasteiger partial charge in [-0.25, -0.2) is 4.98 Å². The number of halogens is 3. The van der Waals surface area contributed by atoms with Crippen LogP contribution in [0, 0.1) is 13.8 Å². The van der Waals surface area contributed by atoms with Crippen LogP contribution in [0.15, 0.2) is 41.3 Å². The summed E-state index contributed by atoms with van der Waals surface area (Å²) in [6, 6.07) is 6.84. The topological polar surface area (TPSA) is 74.3 Å². The van der Waals surface area contributed by atoms with Gasteiger partial charge < -0.3 is 4.74 Å². The van der Waals surface area contributed by atoms with E-state index in [1.165, 1.54) is 27.4 Å². The quantitative estimate of drug-likeness (QED) is 0.539. The minimum atomic E-state index is -4.82. The minimum absolute atomic E-state index is 0.234. The maximum Gasteiger partial charge on any atom is 0.573 e. The van der Waals surface area contributed by atoms with Crippen molar-refractivity contribution in [2.45, 2.75) is 20.2 Å². The first-order chi connectivity index (χ1) is 12.7. The Hall–Kier alpha value is -3.43. The molecule has 7 nitrogen and oxygen atoms in total. The van der Waals surface area contributed by atoms with Crippen molar-refractivity contribution in [3.8, 4) is 11.4 Å². The number of fused-ring (bicyclic) bond motifs is 3. The van der Waals surface area contributed by atoms with Crippen LogP contribution in [-0.2, 0) is 0 Å². The van der Waals surface area contributed by atoms with E-state index >= 15 is 0 Å². The van der Waals surface area contributed by atoms with Gasteiger partial charge >= 0.3 is 6.36 Å². The second kappa shape index (κ2) is 5.79. The monoisotopic (exact) mass is 375 g/mol. The summed E-state index contributed by atoms with van der Waals surface area (Å²) < 4.78 is 44.0. The zero-order valence-electron chi connectivity index (χ0n) is 14.2. The predicted octanol–water partition coefficient (Wildman–Crippen LogP) is 2.94. The molecule has 0 spiro atoms. The zero-order chi connectivity index (χ0) is 19.3. The summed E-state index contributed by atoms with van der Waals surface area (Å²) in [5.74, 6) is 0.468. The van der Waals surface area contributed by atoms with E-state index in [1.807, 2.05) is 0 Å². The second-order valence-corrected chi connectivity index (χ2v) is 5.86. The standard InChI is InChI=1S/C17H12F3N5O2/c1-9-14-13(25-16(21-9)22-10(2)23-25)6-7-24(15(14)26)11-4-3-5-12(8-11)27-17(18,19)20/h3-8H,1-2H3. The lowest BCUT2D eigenvalue weighted by molar-refractivity contribution is -0.274. The van der Waals surface area contributed by atoms with Gasteiger partial charge in [-0.2, -0.15) is 9.50 Å². The molecule has 3 aromatic heterocycles. The summed E-state index contributed by atoms with van der Waals surface area (Å²) in [5.41, 5.74) is 0.767. The fourth-order valence-corrected chi connectivity index (χ4v) is 2.92. The molecule has 3 heterocycles. The maximum atomic E-state index is 13.0. The third-order valence-corrected chi connectivity index (χ3v) is 3.95. The van der Waals surface area contributed by atoms with Crippen LogP contribution >= 0.6 is 0 Å². The second-order valence-electron chi connectivity index (χ2n) is 5.86. The van der Waals surface area contributed by atoms with E-state index < -0.39 is 17.7 Å². The van der Waals surface area contributed by atoms with E-state index in [0.717, 1.165) is 12.1 Å². The lowest BCUT2D eigenvalue weighted by Gasteiger charge is -2.12. The molecule has 0 unspecified atom stereocenters. The third kappa shape index (κ3) is 2.98. The number of hydrogen-bond donors (Lipinski definition) is 0. The Labute approximate surface area is 149 Å². The largest absolute Gasteiger partial charge is 0.573 e. The summed E-state index contributed by atoms with van der Waals surface area (Å²) in [6.07, 6.45) is -3.35. The van der Waals surface area contributed by atoms with Crippen molar-refractivity contribution in [1.29, 1.82) is 0 Å². The van der Waals surface area contributed by atoms with E-state index in [0.29, 0.717) is 28.2 Å². The SMILES string of the molecule is Cc1nc2nc(C)c3c(=O)n(-c4cccc(OC(F)(F)F)c4)ccc3n2n1. The molecule has 4 rings (SSSR count). The molecule has 0 N–H and O–H groups in total. The van der Waals surface area contributed by atoms with Crippen molar-refractivity contribution < 1.29 is 17.9 Å². The van der Waals surface area contributed by atoms with Gasteiger partial charge in [0.25, 0.3) is 11.3 Å². The molecule has 0 saturated carbocycles. The number of ether oxygens (including phenoxy) is 1. The van der Waals surface area contributed by atoms with E-state index in [-0.39, 0.29) is 5.69 Å². The van der Waals surface area contributed by atoms with Gasteiger partial charge in [0.05, 0.1) is 22.3 Å². The average molecular weight is 375 g/mol. The van der Waals surface area contributed by atoms with Gasteiger partial charge in [-0.15, -0.1) is 18.3 Å². The van der Waals surface area contributed by atoms with Crippen LogP contribution in [0.3, 0.4) is 0 Å². The summed E-state index contributed by atoms with van der Waals surface area (Å²) in [6.45, 7) is 3.38. The van der Waals surface area contributed by atoms with Crippen molar-refractivity contribution in [2.24, 2.45) is 0 Å². The van der Waals surface area contributed by atoms with Crippen molar-refractivity contribution in [2.75, 3.05) is 0 Å². The number of pyridine rings is 1. The van der Waals surface area contributed by atoms with Gasteiger partial charge in [0.15, 0.2) is 0 Å². The Balaban J connectivity index is 1.93. The number of alkyl halides is 3. The molecular formula is C17H12F3N5O2. The number of aryl methyl sites for hydroxylation is 2. The Kier molecular flexibility index (Phi) is 3.65. The van der Waals surface area contributed by atoms with Crippen LogP contribution in [0.5, 0.6) is 5.75 Å². The number of rotatable bonds is 2. The van der Waals surface area contributed by atoms with E-state index in [2.05, 4.69) is 19.8 Å².